The number of rotatable bonds is 1. The van der Waals surface area contributed by atoms with Crippen molar-refractivity contribution >= 4 is 5.97 Å². The van der Waals surface area contributed by atoms with Crippen molar-refractivity contribution in [2.24, 2.45) is 5.96 Å². The van der Waals surface area contributed by atoms with E-state index in [-0.39, 0.29) is 0 Å². The van der Waals surface area contributed by atoms with Gasteiger partial charge >= 0.3 is 5.97 Å². The fourth-order valence-electron chi connectivity index (χ4n) is 0. The van der Waals surface area contributed by atoms with Crippen LogP contribution < -0.4 is 5.96 Å². The zero-order valence-electron chi connectivity index (χ0n) is 3.47. The van der Waals surface area contributed by atoms with Gasteiger partial charge in [-0.1, -0.05) is 0 Å². The van der Waals surface area contributed by atoms with Crippen LogP contribution in [0.2, 0.25) is 0 Å². The molecule has 0 aliphatic carbocycles. The standard InChI is InChI=1S/C2H4O3.FH2N/c3-1-2(4)5;1-2/h3H,1H2,(H,4,5);2H2. The molecule has 0 atom stereocenters. The maximum absolute atomic E-state index is 9.12. The van der Waals surface area contributed by atoms with Crippen LogP contribution in [0, 0.1) is 0 Å². The highest BCUT2D eigenvalue weighted by atomic mass is 19.2. The van der Waals surface area contributed by atoms with E-state index in [9.17, 15) is 0 Å². The minimum absolute atomic E-state index is 0.778. The summed E-state index contributed by atoms with van der Waals surface area (Å²) < 4.78 is 9.00. The molecule has 0 heterocycles. The Morgan fingerprint density at radius 3 is 1.86 bits per heavy atom. The zero-order valence-corrected chi connectivity index (χ0v) is 3.47. The number of halogens is 1. The van der Waals surface area contributed by atoms with Gasteiger partial charge in [-0.3, -0.25) is 0 Å². The largest absolute Gasteiger partial charge is 0.480 e. The summed E-state index contributed by atoms with van der Waals surface area (Å²) in [6.45, 7) is -0.778. The monoisotopic (exact) mass is 111 g/mol. The van der Waals surface area contributed by atoms with Crippen molar-refractivity contribution in [1.29, 1.82) is 0 Å². The molecule has 0 aromatic rings. The Morgan fingerprint density at radius 2 is 1.86 bits per heavy atom. The number of carbonyl (C=O) groups is 1. The molecule has 0 aromatic carbocycles. The molecule has 0 aromatic heterocycles. The smallest absolute Gasteiger partial charge is 0.329 e. The highest BCUT2D eigenvalue weighted by Crippen LogP contribution is 1.48. The van der Waals surface area contributed by atoms with Crippen molar-refractivity contribution in [3.05, 3.63) is 0 Å². The van der Waals surface area contributed by atoms with Crippen LogP contribution in [0.25, 0.3) is 0 Å². The van der Waals surface area contributed by atoms with E-state index in [4.69, 9.17) is 19.5 Å². The number of hydrogen-bond donors (Lipinski definition) is 3. The Bertz CT molecular complexity index is 48.2. The molecule has 0 bridgehead atoms. The van der Waals surface area contributed by atoms with Gasteiger partial charge in [0.1, 0.15) is 6.61 Å². The number of nitrogens with two attached hydrogens (primary N) is 1. The van der Waals surface area contributed by atoms with E-state index < -0.39 is 12.6 Å². The molecule has 0 amide bonds. The third-order valence-corrected chi connectivity index (χ3v) is 0.135. The molecule has 0 saturated heterocycles. The van der Waals surface area contributed by atoms with Crippen molar-refractivity contribution in [3.63, 3.8) is 0 Å². The third-order valence-electron chi connectivity index (χ3n) is 0.135. The van der Waals surface area contributed by atoms with Crippen LogP contribution >= 0.6 is 0 Å². The van der Waals surface area contributed by atoms with E-state index >= 15 is 0 Å². The summed E-state index contributed by atoms with van der Waals surface area (Å²) in [7, 11) is 0. The van der Waals surface area contributed by atoms with Gasteiger partial charge in [0.25, 0.3) is 0 Å². The second kappa shape index (κ2) is 9.01. The summed E-state index contributed by atoms with van der Waals surface area (Å²) in [5.41, 5.74) is 0. The number of aliphatic hydroxyl groups excluding tert-OH is 1. The van der Waals surface area contributed by atoms with E-state index in [0.29, 0.717) is 0 Å². The Labute approximate surface area is 39.3 Å². The quantitative estimate of drug-likeness (QED) is 0.375. The van der Waals surface area contributed by atoms with Crippen molar-refractivity contribution in [2.75, 3.05) is 6.61 Å². The molecule has 4 nitrogen and oxygen atoms in total. The van der Waals surface area contributed by atoms with Crippen LogP contribution in [0.5, 0.6) is 0 Å². The Kier molecular flexibility index (Phi) is 12.3. The molecule has 0 radical (unpaired) electrons. The average Bonchev–Trinajstić information content (AvgIpc) is 1.73. The Hall–Kier alpha value is -0.680. The number of carboxylic acids is 1. The molecule has 0 rings (SSSR count). The number of aliphatic carboxylic acids is 1. The molecule has 0 spiro atoms. The van der Waals surface area contributed by atoms with Gasteiger partial charge in [0, 0.05) is 0 Å². The van der Waals surface area contributed by atoms with E-state index in [2.05, 4.69) is 5.96 Å². The highest BCUT2D eigenvalue weighted by Gasteiger charge is 1.82. The molecule has 4 N–H and O–H groups in total. The van der Waals surface area contributed by atoms with Gasteiger partial charge in [-0.15, -0.1) is 4.48 Å². The topological polar surface area (TPSA) is 83.6 Å². The molecule has 0 unspecified atom stereocenters. The maximum atomic E-state index is 9.12. The van der Waals surface area contributed by atoms with Crippen molar-refractivity contribution < 1.29 is 19.5 Å². The fraction of sp³-hybridized carbons (Fsp3) is 0.500. The van der Waals surface area contributed by atoms with Gasteiger partial charge in [0.15, 0.2) is 0 Å². The number of aliphatic hydroxyl groups is 1. The van der Waals surface area contributed by atoms with Gasteiger partial charge in [-0.2, -0.15) is 5.96 Å². The van der Waals surface area contributed by atoms with Gasteiger partial charge in [-0.25, -0.2) is 4.79 Å². The van der Waals surface area contributed by atoms with Crippen LogP contribution in [0.3, 0.4) is 0 Å². The first-order chi connectivity index (χ1) is 3.27. The van der Waals surface area contributed by atoms with Crippen molar-refractivity contribution in [1.82, 2.24) is 0 Å². The average molecular weight is 111 g/mol. The zero-order chi connectivity index (χ0) is 6.28. The van der Waals surface area contributed by atoms with Gasteiger partial charge < -0.3 is 10.2 Å². The lowest BCUT2D eigenvalue weighted by Gasteiger charge is -1.72. The van der Waals surface area contributed by atoms with Crippen molar-refractivity contribution in [3.8, 4) is 0 Å². The summed E-state index contributed by atoms with van der Waals surface area (Å²) in [6.07, 6.45) is 0. The molecule has 0 fully saturated rings. The summed E-state index contributed by atoms with van der Waals surface area (Å²) >= 11 is 0. The molecule has 0 aliphatic heterocycles. The predicted molar refractivity (Wildman–Crippen MR) is 20.0 cm³/mol. The summed E-state index contributed by atoms with van der Waals surface area (Å²) in [5, 5.41) is 15.0. The minimum atomic E-state index is -1.19. The van der Waals surface area contributed by atoms with Crippen LogP contribution in [-0.4, -0.2) is 22.8 Å². The van der Waals surface area contributed by atoms with E-state index in [1.807, 2.05) is 0 Å². The second-order valence-corrected chi connectivity index (χ2v) is 0.552. The van der Waals surface area contributed by atoms with E-state index in [0.717, 1.165) is 0 Å². The minimum Gasteiger partial charge on any atom is -0.480 e. The summed E-state index contributed by atoms with van der Waals surface area (Å²) in [5.74, 6) is 1.81. The Morgan fingerprint density at radius 1 is 1.71 bits per heavy atom. The normalized spacial score (nSPS) is 6.14. The highest BCUT2D eigenvalue weighted by molar-refractivity contribution is 5.67. The van der Waals surface area contributed by atoms with Crippen LogP contribution in [-0.2, 0) is 4.79 Å². The summed E-state index contributed by atoms with van der Waals surface area (Å²) in [6, 6.07) is 0. The molecular weight excluding hydrogens is 105 g/mol. The molecule has 7 heavy (non-hydrogen) atoms. The fourth-order valence-corrected chi connectivity index (χ4v) is 0. The first kappa shape index (κ1) is 9.58. The van der Waals surface area contributed by atoms with Crippen LogP contribution in [0.4, 0.5) is 4.48 Å². The lowest BCUT2D eigenvalue weighted by molar-refractivity contribution is -0.140. The first-order valence-corrected chi connectivity index (χ1v) is 1.32. The number of hydrogen-bond acceptors (Lipinski definition) is 3. The molecule has 5 heteroatoms. The van der Waals surface area contributed by atoms with Gasteiger partial charge in [0.2, 0.25) is 0 Å². The Balaban J connectivity index is 0. The number of carboxylic acid groups (broad SMARTS) is 1. The van der Waals surface area contributed by atoms with Crippen LogP contribution in [0.15, 0.2) is 0 Å². The van der Waals surface area contributed by atoms with Crippen LogP contribution in [0.1, 0.15) is 0 Å². The lowest BCUT2D eigenvalue weighted by atomic mass is 10.8. The molecule has 0 aliphatic rings. The van der Waals surface area contributed by atoms with E-state index in [1.54, 1.807) is 0 Å². The predicted octanol–water partition coefficient (Wildman–Crippen LogP) is -1.11. The second-order valence-electron chi connectivity index (χ2n) is 0.552. The van der Waals surface area contributed by atoms with Gasteiger partial charge in [-0.05, 0) is 0 Å². The molecule has 0 saturated carbocycles. The SMILES string of the molecule is NF.O=C(O)CO. The molecule has 44 valence electrons. The van der Waals surface area contributed by atoms with Gasteiger partial charge in [0.05, 0.1) is 0 Å². The lowest BCUT2D eigenvalue weighted by Crippen LogP contribution is -1.98. The first-order valence-electron chi connectivity index (χ1n) is 1.32. The van der Waals surface area contributed by atoms with E-state index in [1.165, 1.54) is 0 Å². The maximum Gasteiger partial charge on any atom is 0.329 e. The molecular formula is C2H6FNO3. The third kappa shape index (κ3) is 33.7. The summed E-state index contributed by atoms with van der Waals surface area (Å²) in [4.78, 5) is 9.12. The van der Waals surface area contributed by atoms with Crippen molar-refractivity contribution in [2.45, 2.75) is 0 Å².